The second-order valence-electron chi connectivity index (χ2n) is 5.95. The summed E-state index contributed by atoms with van der Waals surface area (Å²) in [6, 6.07) is 6.37. The third-order valence-electron chi connectivity index (χ3n) is 4.18. The van der Waals surface area contributed by atoms with E-state index in [2.05, 4.69) is 21.4 Å². The average Bonchev–Trinajstić information content (AvgIpc) is 3.23. The molecular weight excluding hydrogens is 364 g/mol. The van der Waals surface area contributed by atoms with Crippen LogP contribution >= 0.6 is 12.4 Å². The zero-order valence-corrected chi connectivity index (χ0v) is 15.3. The van der Waals surface area contributed by atoms with Crippen LogP contribution in [0.3, 0.4) is 0 Å². The fourth-order valence-corrected chi connectivity index (χ4v) is 3.86. The fourth-order valence-electron chi connectivity index (χ4n) is 2.82. The summed E-state index contributed by atoms with van der Waals surface area (Å²) in [4.78, 5) is 4.51. The number of nitrogens with zero attached hydrogens (tertiary/aromatic N) is 2. The number of halogens is 1. The van der Waals surface area contributed by atoms with Crippen LogP contribution < -0.4 is 10.5 Å². The van der Waals surface area contributed by atoms with Crippen LogP contribution in [0.2, 0.25) is 0 Å². The van der Waals surface area contributed by atoms with Crippen LogP contribution in [-0.4, -0.2) is 25.1 Å². The lowest BCUT2D eigenvalue weighted by Gasteiger charge is -2.17. The van der Waals surface area contributed by atoms with E-state index in [1.165, 1.54) is 18.2 Å². The van der Waals surface area contributed by atoms with Crippen LogP contribution in [-0.2, 0) is 15.6 Å². The quantitative estimate of drug-likeness (QED) is 0.739. The van der Waals surface area contributed by atoms with Gasteiger partial charge in [0.25, 0.3) is 5.89 Å². The van der Waals surface area contributed by atoms with Crippen molar-refractivity contribution in [3.8, 4) is 11.5 Å². The summed E-state index contributed by atoms with van der Waals surface area (Å²) < 4.78 is 32.1. The van der Waals surface area contributed by atoms with Gasteiger partial charge in [0.2, 0.25) is 10.0 Å². The van der Waals surface area contributed by atoms with Crippen LogP contribution in [0.25, 0.3) is 11.5 Å². The maximum absolute atomic E-state index is 12.2. The molecule has 1 aliphatic rings. The van der Waals surface area contributed by atoms with Crippen molar-refractivity contribution in [3.63, 3.8) is 0 Å². The molecule has 25 heavy (non-hydrogen) atoms. The van der Waals surface area contributed by atoms with E-state index in [-0.39, 0.29) is 29.7 Å². The summed E-state index contributed by atoms with van der Waals surface area (Å²) >= 11 is 0. The Morgan fingerprint density at radius 3 is 2.76 bits per heavy atom. The first-order chi connectivity index (χ1) is 11.4. The number of benzene rings is 1. The van der Waals surface area contributed by atoms with Crippen LogP contribution in [0.4, 0.5) is 0 Å². The summed E-state index contributed by atoms with van der Waals surface area (Å²) in [6.45, 7) is 3.66. The van der Waals surface area contributed by atoms with Gasteiger partial charge in [0.15, 0.2) is 5.82 Å². The molecule has 9 heteroatoms. The van der Waals surface area contributed by atoms with E-state index in [1.54, 1.807) is 12.1 Å². The highest BCUT2D eigenvalue weighted by Gasteiger charge is 2.36. The summed E-state index contributed by atoms with van der Waals surface area (Å²) in [7, 11) is -3.61. The number of hydrogen-bond donors (Lipinski definition) is 2. The molecule has 0 atom stereocenters. The Bertz CT molecular complexity index is 845. The first-order valence-corrected chi connectivity index (χ1v) is 9.27. The van der Waals surface area contributed by atoms with Crippen LogP contribution in [0.15, 0.2) is 46.3 Å². The molecule has 1 aromatic carbocycles. The van der Waals surface area contributed by atoms with E-state index in [4.69, 9.17) is 10.3 Å². The SMILES string of the molecule is C=CCNS(=O)(=O)c1cccc(-c2nc(C3(N)CCCC3)no2)c1.Cl. The lowest BCUT2D eigenvalue weighted by atomic mass is 9.99. The van der Waals surface area contributed by atoms with E-state index in [0.717, 1.165) is 25.7 Å². The van der Waals surface area contributed by atoms with Gasteiger partial charge >= 0.3 is 0 Å². The molecule has 0 aliphatic heterocycles. The Morgan fingerprint density at radius 2 is 2.08 bits per heavy atom. The molecule has 7 nitrogen and oxygen atoms in total. The van der Waals surface area contributed by atoms with Crippen molar-refractivity contribution >= 4 is 22.4 Å². The molecule has 2 aromatic rings. The highest BCUT2D eigenvalue weighted by Crippen LogP contribution is 2.35. The molecule has 1 heterocycles. The molecule has 1 fully saturated rings. The largest absolute Gasteiger partial charge is 0.334 e. The predicted octanol–water partition coefficient (Wildman–Crippen LogP) is 2.35. The van der Waals surface area contributed by atoms with Crippen molar-refractivity contribution in [1.29, 1.82) is 0 Å². The summed E-state index contributed by atoms with van der Waals surface area (Å²) in [5.41, 5.74) is 6.32. The Labute approximate surface area is 153 Å². The molecule has 1 saturated carbocycles. The molecule has 1 aliphatic carbocycles. The van der Waals surface area contributed by atoms with Gasteiger partial charge in [-0.2, -0.15) is 4.98 Å². The molecule has 0 bridgehead atoms. The second kappa shape index (κ2) is 7.65. The number of nitrogens with two attached hydrogens (primary N) is 1. The lowest BCUT2D eigenvalue weighted by Crippen LogP contribution is -2.34. The Hall–Kier alpha value is -1.74. The lowest BCUT2D eigenvalue weighted by molar-refractivity contribution is 0.372. The first-order valence-electron chi connectivity index (χ1n) is 7.79. The Morgan fingerprint density at radius 1 is 1.36 bits per heavy atom. The molecule has 136 valence electrons. The maximum atomic E-state index is 12.2. The van der Waals surface area contributed by atoms with Crippen molar-refractivity contribution in [3.05, 3.63) is 42.7 Å². The molecule has 3 N–H and O–H groups in total. The highest BCUT2D eigenvalue weighted by atomic mass is 35.5. The fraction of sp³-hybridized carbons (Fsp3) is 0.375. The van der Waals surface area contributed by atoms with Gasteiger partial charge in [-0.1, -0.05) is 30.1 Å². The molecule has 0 saturated heterocycles. The zero-order chi connectivity index (χ0) is 17.2. The summed E-state index contributed by atoms with van der Waals surface area (Å²) in [5.74, 6) is 0.746. The molecule has 0 spiro atoms. The summed E-state index contributed by atoms with van der Waals surface area (Å²) in [5, 5.41) is 4.00. The third-order valence-corrected chi connectivity index (χ3v) is 5.60. The molecule has 3 rings (SSSR count). The molecule has 0 unspecified atom stereocenters. The van der Waals surface area contributed by atoms with Crippen molar-refractivity contribution < 1.29 is 12.9 Å². The molecule has 1 aromatic heterocycles. The minimum absolute atomic E-state index is 0. The van der Waals surface area contributed by atoms with Gasteiger partial charge in [0.05, 0.1) is 10.4 Å². The van der Waals surface area contributed by atoms with Gasteiger partial charge in [-0.3, -0.25) is 0 Å². The molecular formula is C16H21ClN4O3S. The standard InChI is InChI=1S/C16H20N4O3S.ClH/c1-2-10-18-24(21,22)13-7-5-6-12(11-13)14-19-15(20-23-14)16(17)8-3-4-9-16;/h2,5-7,11,18H,1,3-4,8-10,17H2;1H. The summed E-state index contributed by atoms with van der Waals surface area (Å²) in [6.07, 6.45) is 5.22. The zero-order valence-electron chi connectivity index (χ0n) is 13.6. The first kappa shape index (κ1) is 19.6. The van der Waals surface area contributed by atoms with Crippen molar-refractivity contribution in [1.82, 2.24) is 14.9 Å². The second-order valence-corrected chi connectivity index (χ2v) is 7.72. The van der Waals surface area contributed by atoms with Crippen LogP contribution in [0.5, 0.6) is 0 Å². The van der Waals surface area contributed by atoms with Crippen molar-refractivity contribution in [2.45, 2.75) is 36.1 Å². The van der Waals surface area contributed by atoms with E-state index in [9.17, 15) is 8.42 Å². The van der Waals surface area contributed by atoms with Gasteiger partial charge in [-0.25, -0.2) is 13.1 Å². The van der Waals surface area contributed by atoms with Gasteiger partial charge in [-0.05, 0) is 31.0 Å². The van der Waals surface area contributed by atoms with E-state index in [0.29, 0.717) is 11.4 Å². The van der Waals surface area contributed by atoms with Crippen molar-refractivity contribution in [2.75, 3.05) is 6.54 Å². The number of aromatic nitrogens is 2. The van der Waals surface area contributed by atoms with Crippen LogP contribution in [0, 0.1) is 0 Å². The van der Waals surface area contributed by atoms with Gasteiger partial charge in [-0.15, -0.1) is 19.0 Å². The third kappa shape index (κ3) is 4.09. The molecule has 0 amide bonds. The number of sulfonamides is 1. The maximum Gasteiger partial charge on any atom is 0.258 e. The van der Waals surface area contributed by atoms with Gasteiger partial charge in [0.1, 0.15) is 0 Å². The van der Waals surface area contributed by atoms with E-state index < -0.39 is 15.6 Å². The Kier molecular flexibility index (Phi) is 5.99. The number of nitrogens with one attached hydrogen (secondary N) is 1. The Balaban J connectivity index is 0.00000225. The predicted molar refractivity (Wildman–Crippen MR) is 96.7 cm³/mol. The topological polar surface area (TPSA) is 111 Å². The monoisotopic (exact) mass is 384 g/mol. The van der Waals surface area contributed by atoms with E-state index >= 15 is 0 Å². The minimum Gasteiger partial charge on any atom is -0.334 e. The number of hydrogen-bond acceptors (Lipinski definition) is 6. The molecule has 0 radical (unpaired) electrons. The minimum atomic E-state index is -3.61. The van der Waals surface area contributed by atoms with E-state index in [1.807, 2.05) is 0 Å². The van der Waals surface area contributed by atoms with Gasteiger partial charge < -0.3 is 10.3 Å². The smallest absolute Gasteiger partial charge is 0.258 e. The van der Waals surface area contributed by atoms with Crippen LogP contribution in [0.1, 0.15) is 31.5 Å². The van der Waals surface area contributed by atoms with Crippen molar-refractivity contribution in [2.24, 2.45) is 5.73 Å². The normalized spacial score (nSPS) is 16.4. The average molecular weight is 385 g/mol. The number of rotatable bonds is 6. The van der Waals surface area contributed by atoms with Gasteiger partial charge in [0, 0.05) is 12.1 Å². The highest BCUT2D eigenvalue weighted by molar-refractivity contribution is 7.89.